The van der Waals surface area contributed by atoms with Gasteiger partial charge in [-0.1, -0.05) is 19.3 Å². The normalized spacial score (nSPS) is 18.2. The number of hydrogen-bond acceptors (Lipinski definition) is 4. The number of nitrogens with one attached hydrogen (secondary N) is 1. The van der Waals surface area contributed by atoms with Gasteiger partial charge in [0.1, 0.15) is 5.75 Å². The van der Waals surface area contributed by atoms with Crippen molar-refractivity contribution in [3.05, 3.63) is 24.0 Å². The molecule has 3 nitrogen and oxygen atoms in total. The minimum atomic E-state index is 0.267. The Bertz CT molecular complexity index is 380. The number of aromatic nitrogens is 1. The summed E-state index contributed by atoms with van der Waals surface area (Å²) in [5.41, 5.74) is 1.02. The van der Waals surface area contributed by atoms with Crippen molar-refractivity contribution < 1.29 is 4.74 Å². The van der Waals surface area contributed by atoms with Crippen molar-refractivity contribution in [3.63, 3.8) is 0 Å². The molecule has 1 fully saturated rings. The van der Waals surface area contributed by atoms with Crippen LogP contribution in [0, 0.1) is 0 Å². The number of ether oxygens (including phenoxy) is 1. The van der Waals surface area contributed by atoms with Crippen LogP contribution in [-0.2, 0) is 0 Å². The minimum Gasteiger partial charge on any atom is -0.495 e. The number of methoxy groups -OCH3 is 1. The molecule has 0 bridgehead atoms. The van der Waals surface area contributed by atoms with Gasteiger partial charge in [-0.25, -0.2) is 0 Å². The molecule has 0 saturated heterocycles. The standard InChI is InChI=1S/C15H24N2OS/c1-16-13(11-19-12-7-4-3-5-8-12)15-14(18-2)9-6-10-17-15/h6,9-10,12-13,16H,3-5,7-8,11H2,1-2H3. The van der Waals surface area contributed by atoms with Crippen molar-refractivity contribution in [2.45, 2.75) is 43.4 Å². The van der Waals surface area contributed by atoms with E-state index >= 15 is 0 Å². The second kappa shape index (κ2) is 7.75. The summed E-state index contributed by atoms with van der Waals surface area (Å²) in [5, 5.41) is 4.20. The Balaban J connectivity index is 1.95. The average Bonchev–Trinajstić information content (AvgIpc) is 2.49. The Labute approximate surface area is 120 Å². The van der Waals surface area contributed by atoms with E-state index in [0.29, 0.717) is 0 Å². The van der Waals surface area contributed by atoms with Gasteiger partial charge in [-0.05, 0) is 32.0 Å². The van der Waals surface area contributed by atoms with Crippen LogP contribution < -0.4 is 10.1 Å². The van der Waals surface area contributed by atoms with Gasteiger partial charge in [0.2, 0.25) is 0 Å². The summed E-state index contributed by atoms with van der Waals surface area (Å²) >= 11 is 2.09. The first-order chi connectivity index (χ1) is 9.35. The molecule has 1 unspecified atom stereocenters. The summed E-state index contributed by atoms with van der Waals surface area (Å²) in [5.74, 6) is 1.94. The van der Waals surface area contributed by atoms with Crippen LogP contribution in [0.1, 0.15) is 43.8 Å². The van der Waals surface area contributed by atoms with Gasteiger partial charge in [-0.15, -0.1) is 0 Å². The lowest BCUT2D eigenvalue weighted by Crippen LogP contribution is -2.22. The zero-order valence-corrected chi connectivity index (χ0v) is 12.7. The SMILES string of the molecule is CNC(CSC1CCCCC1)c1ncccc1OC. The zero-order chi connectivity index (χ0) is 13.5. The molecule has 19 heavy (non-hydrogen) atoms. The molecule has 1 N–H and O–H groups in total. The maximum Gasteiger partial charge on any atom is 0.142 e. The van der Waals surface area contributed by atoms with Crippen LogP contribution in [-0.4, -0.2) is 30.1 Å². The summed E-state index contributed by atoms with van der Waals surface area (Å²) in [6.07, 6.45) is 8.80. The van der Waals surface area contributed by atoms with Crippen molar-refractivity contribution >= 4 is 11.8 Å². The first-order valence-electron chi connectivity index (χ1n) is 7.13. The monoisotopic (exact) mass is 280 g/mol. The van der Waals surface area contributed by atoms with Gasteiger partial charge in [0.15, 0.2) is 0 Å². The van der Waals surface area contributed by atoms with E-state index in [1.165, 1.54) is 32.1 Å². The molecule has 1 aromatic rings. The van der Waals surface area contributed by atoms with Crippen LogP contribution >= 0.6 is 11.8 Å². The highest BCUT2D eigenvalue weighted by molar-refractivity contribution is 7.99. The highest BCUT2D eigenvalue weighted by Gasteiger charge is 2.19. The molecule has 0 radical (unpaired) electrons. The quantitative estimate of drug-likeness (QED) is 0.866. The number of nitrogens with zero attached hydrogens (tertiary/aromatic N) is 1. The van der Waals surface area contributed by atoms with E-state index in [1.807, 2.05) is 25.4 Å². The molecule has 1 aliphatic rings. The second-order valence-electron chi connectivity index (χ2n) is 5.03. The van der Waals surface area contributed by atoms with Crippen LogP contribution in [0.3, 0.4) is 0 Å². The number of thioether (sulfide) groups is 1. The third kappa shape index (κ3) is 4.11. The molecular formula is C15H24N2OS. The number of hydrogen-bond donors (Lipinski definition) is 1. The molecule has 1 atom stereocenters. The van der Waals surface area contributed by atoms with Gasteiger partial charge < -0.3 is 10.1 Å². The van der Waals surface area contributed by atoms with Crippen LogP contribution in [0.5, 0.6) is 5.75 Å². The smallest absolute Gasteiger partial charge is 0.142 e. The topological polar surface area (TPSA) is 34.2 Å². The Kier molecular flexibility index (Phi) is 5.98. The summed E-state index contributed by atoms with van der Waals surface area (Å²) < 4.78 is 5.41. The first-order valence-corrected chi connectivity index (χ1v) is 8.17. The van der Waals surface area contributed by atoms with Gasteiger partial charge >= 0.3 is 0 Å². The predicted octanol–water partition coefficient (Wildman–Crippen LogP) is 3.42. The van der Waals surface area contributed by atoms with E-state index in [2.05, 4.69) is 22.1 Å². The molecule has 1 saturated carbocycles. The molecule has 0 spiro atoms. The van der Waals surface area contributed by atoms with Gasteiger partial charge in [0.05, 0.1) is 18.8 Å². The van der Waals surface area contributed by atoms with Crippen LogP contribution in [0.25, 0.3) is 0 Å². The molecule has 1 heterocycles. The number of pyridine rings is 1. The Morgan fingerprint density at radius 3 is 2.89 bits per heavy atom. The molecule has 1 aliphatic carbocycles. The van der Waals surface area contributed by atoms with Gasteiger partial charge in [0, 0.05) is 17.2 Å². The highest BCUT2D eigenvalue weighted by atomic mass is 32.2. The van der Waals surface area contributed by atoms with Crippen molar-refractivity contribution in [3.8, 4) is 5.75 Å². The van der Waals surface area contributed by atoms with E-state index in [-0.39, 0.29) is 6.04 Å². The summed E-state index contributed by atoms with van der Waals surface area (Å²) in [4.78, 5) is 4.48. The molecule has 106 valence electrons. The second-order valence-corrected chi connectivity index (χ2v) is 6.36. The van der Waals surface area contributed by atoms with Crippen molar-refractivity contribution in [1.29, 1.82) is 0 Å². The van der Waals surface area contributed by atoms with Gasteiger partial charge in [0.25, 0.3) is 0 Å². The molecule has 0 amide bonds. The van der Waals surface area contributed by atoms with E-state index in [9.17, 15) is 0 Å². The van der Waals surface area contributed by atoms with E-state index in [0.717, 1.165) is 22.4 Å². The average molecular weight is 280 g/mol. The third-order valence-electron chi connectivity index (χ3n) is 3.75. The third-order valence-corrected chi connectivity index (χ3v) is 5.22. The number of rotatable bonds is 6. The maximum atomic E-state index is 5.41. The van der Waals surface area contributed by atoms with Crippen molar-refractivity contribution in [2.24, 2.45) is 0 Å². The van der Waals surface area contributed by atoms with Gasteiger partial charge in [-0.2, -0.15) is 11.8 Å². The maximum absolute atomic E-state index is 5.41. The lowest BCUT2D eigenvalue weighted by molar-refractivity contribution is 0.400. The summed E-state index contributed by atoms with van der Waals surface area (Å²) in [6, 6.07) is 4.17. The minimum absolute atomic E-state index is 0.267. The first kappa shape index (κ1) is 14.7. The van der Waals surface area contributed by atoms with Crippen LogP contribution in [0.15, 0.2) is 18.3 Å². The molecule has 2 rings (SSSR count). The van der Waals surface area contributed by atoms with Crippen molar-refractivity contribution in [1.82, 2.24) is 10.3 Å². The largest absolute Gasteiger partial charge is 0.495 e. The van der Waals surface area contributed by atoms with E-state index < -0.39 is 0 Å². The predicted molar refractivity (Wildman–Crippen MR) is 81.9 cm³/mol. The fourth-order valence-corrected chi connectivity index (χ4v) is 4.06. The lowest BCUT2D eigenvalue weighted by atomic mass is 10.0. The van der Waals surface area contributed by atoms with Crippen molar-refractivity contribution in [2.75, 3.05) is 19.9 Å². The van der Waals surface area contributed by atoms with E-state index in [4.69, 9.17) is 4.74 Å². The van der Waals surface area contributed by atoms with Crippen LogP contribution in [0.4, 0.5) is 0 Å². The molecule has 1 aromatic heterocycles. The van der Waals surface area contributed by atoms with Gasteiger partial charge in [-0.3, -0.25) is 4.98 Å². The molecule has 4 heteroatoms. The zero-order valence-electron chi connectivity index (χ0n) is 11.9. The highest BCUT2D eigenvalue weighted by Crippen LogP contribution is 2.32. The molecule has 0 aromatic carbocycles. The summed E-state index contributed by atoms with van der Waals surface area (Å²) in [6.45, 7) is 0. The Morgan fingerprint density at radius 1 is 1.42 bits per heavy atom. The fourth-order valence-electron chi connectivity index (χ4n) is 2.60. The van der Waals surface area contributed by atoms with Crippen LogP contribution in [0.2, 0.25) is 0 Å². The summed E-state index contributed by atoms with van der Waals surface area (Å²) in [7, 11) is 3.71. The van der Waals surface area contributed by atoms with E-state index in [1.54, 1.807) is 7.11 Å². The molecule has 0 aliphatic heterocycles. The lowest BCUT2D eigenvalue weighted by Gasteiger charge is -2.24. The Morgan fingerprint density at radius 2 is 2.21 bits per heavy atom. The Hall–Kier alpha value is -0.740. The molecular weight excluding hydrogens is 256 g/mol. The fraction of sp³-hybridized carbons (Fsp3) is 0.667.